The molecule has 10 N–H and O–H groups in total. The molecule has 0 spiro atoms. The zero-order valence-corrected chi connectivity index (χ0v) is 30.9. The Kier molecular flexibility index (Phi) is 21.9. The van der Waals surface area contributed by atoms with Gasteiger partial charge in [-0.25, -0.2) is 0 Å². The monoisotopic (exact) mass is 756 g/mol. The third-order valence-electron chi connectivity index (χ3n) is 8.41. The van der Waals surface area contributed by atoms with Crippen molar-refractivity contribution in [1.29, 1.82) is 0 Å². The van der Waals surface area contributed by atoms with E-state index in [0.717, 1.165) is 36.0 Å². The van der Waals surface area contributed by atoms with Crippen LogP contribution >= 0.6 is 0 Å². The van der Waals surface area contributed by atoms with Crippen molar-refractivity contribution in [2.75, 3.05) is 72.0 Å². The van der Waals surface area contributed by atoms with E-state index in [1.165, 1.54) is 0 Å². The Morgan fingerprint density at radius 1 is 0.741 bits per heavy atom. The lowest BCUT2D eigenvalue weighted by Crippen LogP contribution is -2.60. The molecule has 0 aliphatic carbocycles. The van der Waals surface area contributed by atoms with Gasteiger partial charge in [-0.3, -0.25) is 44.4 Å². The molecule has 298 valence electrons. The molecule has 0 saturated carbocycles. The second-order valence-corrected chi connectivity index (χ2v) is 12.8. The second-order valence-electron chi connectivity index (χ2n) is 12.8. The molecule has 54 heavy (non-hydrogen) atoms. The lowest BCUT2D eigenvalue weighted by atomic mass is 10.00. The fraction of sp³-hybridized carbons (Fsp3) is 0.514. The number of nitrogens with two attached hydrogens (primary N) is 1. The Balaban J connectivity index is 2.02. The van der Waals surface area contributed by atoms with Crippen LogP contribution in [0.15, 0.2) is 54.6 Å². The van der Waals surface area contributed by atoms with E-state index in [0.29, 0.717) is 12.8 Å². The first-order chi connectivity index (χ1) is 25.9. The summed E-state index contributed by atoms with van der Waals surface area (Å²) in [6.45, 7) is 2.42. The summed E-state index contributed by atoms with van der Waals surface area (Å²) < 4.78 is 0. The van der Waals surface area contributed by atoms with Gasteiger partial charge in [-0.2, -0.15) is 0 Å². The van der Waals surface area contributed by atoms with Gasteiger partial charge in [-0.05, 0) is 23.1 Å². The molecule has 2 aromatic rings. The molecule has 2 amide bonds. The lowest BCUT2D eigenvalue weighted by Gasteiger charge is -2.27. The number of carbonyl (C=O) groups excluding carboxylic acids is 3. The molecule has 3 atom stereocenters. The Labute approximate surface area is 316 Å². The van der Waals surface area contributed by atoms with Gasteiger partial charge in [0, 0.05) is 58.8 Å². The third kappa shape index (κ3) is 18.8. The first-order valence-electron chi connectivity index (χ1n) is 18.1. The minimum atomic E-state index is -1.11. The molecule has 2 rings (SSSR count). The van der Waals surface area contributed by atoms with E-state index in [4.69, 9.17) is 10.8 Å². The molecule has 0 radical (unpaired) electrons. The van der Waals surface area contributed by atoms with E-state index in [2.05, 4.69) is 33.5 Å². The minimum absolute atomic E-state index is 0.115. The summed E-state index contributed by atoms with van der Waals surface area (Å²) in [5, 5.41) is 41.7. The van der Waals surface area contributed by atoms with E-state index in [1.807, 2.05) is 54.6 Å². The van der Waals surface area contributed by atoms with Crippen LogP contribution in [0, 0.1) is 0 Å². The number of carboxylic acids is 3. The number of amides is 2. The molecule has 0 fully saturated rings. The summed E-state index contributed by atoms with van der Waals surface area (Å²) >= 11 is 0. The highest BCUT2D eigenvalue weighted by molar-refractivity contribution is 5.90. The quantitative estimate of drug-likeness (QED) is 0.0268. The van der Waals surface area contributed by atoms with Crippen LogP contribution in [0.4, 0.5) is 0 Å². The van der Waals surface area contributed by atoms with Gasteiger partial charge in [0.25, 0.3) is 0 Å². The van der Waals surface area contributed by atoms with E-state index in [9.17, 15) is 39.0 Å². The molecule has 0 bridgehead atoms. The van der Waals surface area contributed by atoms with Crippen LogP contribution in [0.3, 0.4) is 0 Å². The van der Waals surface area contributed by atoms with Crippen LogP contribution in [0.5, 0.6) is 0 Å². The lowest BCUT2D eigenvalue weighted by molar-refractivity contribution is -0.140. The maximum Gasteiger partial charge on any atom is 0.317 e. The normalized spacial score (nSPS) is 12.9. The predicted molar refractivity (Wildman–Crippen MR) is 203 cm³/mol. The van der Waals surface area contributed by atoms with Gasteiger partial charge in [0.05, 0.1) is 19.6 Å². The molecule has 0 heterocycles. The summed E-state index contributed by atoms with van der Waals surface area (Å²) in [6.07, 6.45) is 2.44. The van der Waals surface area contributed by atoms with Crippen LogP contribution in [0.2, 0.25) is 0 Å². The van der Waals surface area contributed by atoms with Gasteiger partial charge in [0.15, 0.2) is 6.29 Å². The highest BCUT2D eigenvalue weighted by Crippen LogP contribution is 2.20. The average molecular weight is 757 g/mol. The van der Waals surface area contributed by atoms with Crippen molar-refractivity contribution in [2.45, 2.75) is 50.9 Å². The largest absolute Gasteiger partial charge is 0.480 e. The molecule has 1 unspecified atom stereocenters. The van der Waals surface area contributed by atoms with Gasteiger partial charge in [0.1, 0.15) is 18.2 Å². The van der Waals surface area contributed by atoms with Gasteiger partial charge in [-0.15, -0.1) is 0 Å². The topological polar surface area (TPSA) is 256 Å². The SMILES string of the molecule is CCCCCNC(=O)[C@@H](Cc1ccc(-c2ccccc2)cc1)NC(=O)[C@@H](CN)NC(C=O)NCCN(CCN(CCNCC(=O)O)CC(=O)O)CC(=O)O. The number of nitrogens with one attached hydrogen (secondary N) is 5. The fourth-order valence-corrected chi connectivity index (χ4v) is 5.52. The molecule has 2 aromatic carbocycles. The highest BCUT2D eigenvalue weighted by atomic mass is 16.4. The Morgan fingerprint density at radius 3 is 1.91 bits per heavy atom. The number of aliphatic carboxylic acids is 3. The summed E-state index contributed by atoms with van der Waals surface area (Å²) in [4.78, 5) is 75.5. The van der Waals surface area contributed by atoms with Crippen molar-refractivity contribution in [3.05, 3.63) is 60.2 Å². The second kappa shape index (κ2) is 26.1. The van der Waals surface area contributed by atoms with Crippen molar-refractivity contribution < 1.29 is 44.1 Å². The number of carboxylic acid groups (broad SMARTS) is 3. The Hall–Kier alpha value is -4.78. The van der Waals surface area contributed by atoms with Gasteiger partial charge >= 0.3 is 17.9 Å². The van der Waals surface area contributed by atoms with Gasteiger partial charge in [0.2, 0.25) is 11.8 Å². The van der Waals surface area contributed by atoms with Crippen LogP contribution in [0.1, 0.15) is 31.7 Å². The van der Waals surface area contributed by atoms with E-state index in [-0.39, 0.29) is 77.8 Å². The molecule has 0 aromatic heterocycles. The van der Waals surface area contributed by atoms with E-state index >= 15 is 0 Å². The summed E-state index contributed by atoms with van der Waals surface area (Å²) in [7, 11) is 0. The van der Waals surface area contributed by atoms with Crippen molar-refractivity contribution in [3.8, 4) is 11.1 Å². The molecular formula is C37H56N8O9. The first kappa shape index (κ1) is 45.4. The molecule has 17 heteroatoms. The Bertz CT molecular complexity index is 1450. The molecule has 0 aliphatic rings. The van der Waals surface area contributed by atoms with E-state index in [1.54, 1.807) is 9.80 Å². The van der Waals surface area contributed by atoms with Crippen molar-refractivity contribution in [2.24, 2.45) is 5.73 Å². The number of hydrogen-bond donors (Lipinski definition) is 9. The maximum atomic E-state index is 13.5. The van der Waals surface area contributed by atoms with Crippen LogP contribution in [-0.4, -0.2) is 151 Å². The summed E-state index contributed by atoms with van der Waals surface area (Å²) in [5.74, 6) is -4.17. The number of carbonyl (C=O) groups is 6. The number of benzene rings is 2. The number of aldehydes is 1. The predicted octanol–water partition coefficient (Wildman–Crippen LogP) is -0.834. The summed E-state index contributed by atoms with van der Waals surface area (Å²) in [5.41, 5.74) is 8.83. The first-order valence-corrected chi connectivity index (χ1v) is 18.1. The molecular weight excluding hydrogens is 700 g/mol. The zero-order chi connectivity index (χ0) is 39.7. The molecule has 0 saturated heterocycles. The molecule has 0 aliphatic heterocycles. The number of unbranched alkanes of at least 4 members (excludes halogenated alkanes) is 2. The number of rotatable bonds is 30. The Morgan fingerprint density at radius 2 is 1.35 bits per heavy atom. The van der Waals surface area contributed by atoms with Crippen molar-refractivity contribution in [1.82, 2.24) is 36.4 Å². The summed E-state index contributed by atoms with van der Waals surface area (Å²) in [6, 6.07) is 15.6. The maximum absolute atomic E-state index is 13.5. The highest BCUT2D eigenvalue weighted by Gasteiger charge is 2.27. The third-order valence-corrected chi connectivity index (χ3v) is 8.41. The van der Waals surface area contributed by atoms with E-state index < -0.39 is 42.1 Å². The number of nitrogens with zero attached hydrogens (tertiary/aromatic N) is 2. The smallest absolute Gasteiger partial charge is 0.317 e. The standard InChI is InChI=1S/C37H56N8O9/c1-2-3-7-14-41-36(53)30(21-27-10-12-29(13-11-27)28-8-5-4-6-9-28)43-37(54)31(22-38)42-32(26-46)40-16-18-45(25-35(51)52)20-19-44(24-34(49)50)17-15-39-23-33(47)48/h4-6,8-13,26,30-32,39-40,42H,2-3,7,14-25,38H2,1H3,(H,41,53)(H,43,54)(H,47,48)(H,49,50)(H,51,52)/t30-,31-,32?/m1/s1. The fourth-order valence-electron chi connectivity index (χ4n) is 5.52. The minimum Gasteiger partial charge on any atom is -0.480 e. The number of hydrogen-bond acceptors (Lipinski definition) is 12. The van der Waals surface area contributed by atoms with Crippen LogP contribution < -0.4 is 32.3 Å². The molecule has 17 nitrogen and oxygen atoms in total. The van der Waals surface area contributed by atoms with Crippen LogP contribution in [0.25, 0.3) is 11.1 Å². The average Bonchev–Trinajstić information content (AvgIpc) is 3.14. The van der Waals surface area contributed by atoms with Crippen molar-refractivity contribution in [3.63, 3.8) is 0 Å². The van der Waals surface area contributed by atoms with Gasteiger partial charge < -0.3 is 41.8 Å². The van der Waals surface area contributed by atoms with Crippen molar-refractivity contribution >= 4 is 36.0 Å². The van der Waals surface area contributed by atoms with Gasteiger partial charge in [-0.1, -0.05) is 74.4 Å². The zero-order valence-electron chi connectivity index (χ0n) is 30.9. The van der Waals surface area contributed by atoms with Crippen LogP contribution in [-0.2, 0) is 35.2 Å².